The Hall–Kier alpha value is -2.30. The molecule has 3 heterocycles. The number of sulfonamides is 1. The molecule has 1 amide bonds. The second-order valence-electron chi connectivity index (χ2n) is 8.06. The van der Waals surface area contributed by atoms with Crippen molar-refractivity contribution in [2.24, 2.45) is 0 Å². The third-order valence-electron chi connectivity index (χ3n) is 5.87. The van der Waals surface area contributed by atoms with Crippen molar-refractivity contribution in [3.05, 3.63) is 47.8 Å². The van der Waals surface area contributed by atoms with Crippen molar-refractivity contribution >= 4 is 15.9 Å². The van der Waals surface area contributed by atoms with Crippen LogP contribution in [-0.2, 0) is 27.1 Å². The van der Waals surface area contributed by atoms with Crippen LogP contribution in [0.4, 0.5) is 0 Å². The van der Waals surface area contributed by atoms with Gasteiger partial charge in [0.15, 0.2) is 5.69 Å². The first-order valence-electron chi connectivity index (χ1n) is 10.8. The van der Waals surface area contributed by atoms with E-state index in [1.165, 1.54) is 0 Å². The lowest BCUT2D eigenvalue weighted by Gasteiger charge is -2.34. The van der Waals surface area contributed by atoms with Crippen molar-refractivity contribution < 1.29 is 17.9 Å². The largest absolute Gasteiger partial charge is 0.378 e. The molecule has 0 bridgehead atoms. The van der Waals surface area contributed by atoms with Crippen LogP contribution in [0.3, 0.4) is 0 Å². The quantitative estimate of drug-likeness (QED) is 0.638. The molecule has 1 unspecified atom stereocenters. The van der Waals surface area contributed by atoms with Crippen LogP contribution in [0.25, 0.3) is 0 Å². The molecule has 2 aliphatic rings. The molecule has 0 aliphatic carbocycles. The molecular formula is C21H29N5O4S. The minimum atomic E-state index is -3.40. The fraction of sp³-hybridized carbons (Fsp3) is 0.571. The van der Waals surface area contributed by atoms with Crippen molar-refractivity contribution in [3.8, 4) is 0 Å². The lowest BCUT2D eigenvalue weighted by molar-refractivity contribution is 0.0299. The van der Waals surface area contributed by atoms with Crippen molar-refractivity contribution in [2.45, 2.75) is 44.0 Å². The summed E-state index contributed by atoms with van der Waals surface area (Å²) in [5.74, 6) is -0.120. The molecule has 4 rings (SSSR count). The van der Waals surface area contributed by atoms with Gasteiger partial charge in [-0.15, -0.1) is 5.10 Å². The molecule has 2 saturated heterocycles. The van der Waals surface area contributed by atoms with Gasteiger partial charge in [-0.05, 0) is 24.8 Å². The van der Waals surface area contributed by atoms with E-state index >= 15 is 0 Å². The van der Waals surface area contributed by atoms with Gasteiger partial charge in [-0.3, -0.25) is 9.48 Å². The fourth-order valence-electron chi connectivity index (χ4n) is 4.21. The first-order chi connectivity index (χ1) is 15.0. The SMILES string of the molecule is O=C(c1cn(CCC2CCCCN2S(=O)(=O)Cc2ccccc2)nn1)N1CCOCC1. The summed E-state index contributed by atoms with van der Waals surface area (Å²) in [5.41, 5.74) is 1.12. The zero-order chi connectivity index (χ0) is 21.7. The molecule has 1 aromatic heterocycles. The molecule has 0 spiro atoms. The van der Waals surface area contributed by atoms with E-state index in [0.29, 0.717) is 51.5 Å². The number of aromatic nitrogens is 3. The van der Waals surface area contributed by atoms with Gasteiger partial charge >= 0.3 is 0 Å². The summed E-state index contributed by atoms with van der Waals surface area (Å²) in [7, 11) is -3.40. The van der Waals surface area contributed by atoms with Crippen LogP contribution in [0.5, 0.6) is 0 Å². The molecule has 1 aromatic carbocycles. The Labute approximate surface area is 183 Å². The van der Waals surface area contributed by atoms with Crippen molar-refractivity contribution in [1.82, 2.24) is 24.2 Å². The van der Waals surface area contributed by atoms with Gasteiger partial charge in [0.05, 0.1) is 25.2 Å². The smallest absolute Gasteiger partial charge is 0.276 e. The van der Waals surface area contributed by atoms with Crippen LogP contribution in [0.1, 0.15) is 41.7 Å². The molecule has 1 atom stereocenters. The highest BCUT2D eigenvalue weighted by Gasteiger charge is 2.32. The van der Waals surface area contributed by atoms with Gasteiger partial charge in [-0.2, -0.15) is 4.31 Å². The van der Waals surface area contributed by atoms with Crippen LogP contribution in [0.2, 0.25) is 0 Å². The number of amides is 1. The number of carbonyl (C=O) groups is 1. The average molecular weight is 448 g/mol. The molecule has 10 heteroatoms. The van der Waals surface area contributed by atoms with Crippen molar-refractivity contribution in [2.75, 3.05) is 32.8 Å². The third-order valence-corrected chi connectivity index (χ3v) is 7.76. The molecule has 2 aromatic rings. The first kappa shape index (κ1) is 21.9. The zero-order valence-electron chi connectivity index (χ0n) is 17.6. The number of nitrogens with zero attached hydrogens (tertiary/aromatic N) is 5. The molecule has 0 saturated carbocycles. The second-order valence-corrected chi connectivity index (χ2v) is 9.98. The maximum Gasteiger partial charge on any atom is 0.276 e. The highest BCUT2D eigenvalue weighted by atomic mass is 32.2. The third kappa shape index (κ3) is 5.50. The Morgan fingerprint density at radius 1 is 1.10 bits per heavy atom. The van der Waals surface area contributed by atoms with E-state index < -0.39 is 10.0 Å². The molecule has 0 radical (unpaired) electrons. The summed E-state index contributed by atoms with van der Waals surface area (Å²) in [5, 5.41) is 8.12. The summed E-state index contributed by atoms with van der Waals surface area (Å²) in [6.07, 6.45) is 5.03. The molecular weight excluding hydrogens is 418 g/mol. The van der Waals surface area contributed by atoms with E-state index in [2.05, 4.69) is 10.3 Å². The summed E-state index contributed by atoms with van der Waals surface area (Å²) in [6, 6.07) is 9.23. The summed E-state index contributed by atoms with van der Waals surface area (Å²) in [4.78, 5) is 14.3. The van der Waals surface area contributed by atoms with E-state index in [1.54, 1.807) is 20.1 Å². The Morgan fingerprint density at radius 2 is 1.87 bits per heavy atom. The second kappa shape index (κ2) is 9.88. The van der Waals surface area contributed by atoms with Gasteiger partial charge in [-0.25, -0.2) is 8.42 Å². The Bertz CT molecular complexity index is 973. The molecule has 2 fully saturated rings. The van der Waals surface area contributed by atoms with Gasteiger partial charge in [-0.1, -0.05) is 42.0 Å². The van der Waals surface area contributed by atoms with Gasteiger partial charge < -0.3 is 9.64 Å². The van der Waals surface area contributed by atoms with E-state index in [1.807, 2.05) is 30.3 Å². The van der Waals surface area contributed by atoms with E-state index in [0.717, 1.165) is 24.8 Å². The standard InChI is InChI=1S/C21H29N5O4S/c27-21(24-12-14-30-15-13-24)20-16-25(23-22-20)11-9-19-8-4-5-10-26(19)31(28,29)17-18-6-2-1-3-7-18/h1-3,6-7,16,19H,4-5,8-15,17H2. The Kier molecular flexibility index (Phi) is 6.99. The number of ether oxygens (including phenoxy) is 1. The predicted octanol–water partition coefficient (Wildman–Crippen LogP) is 1.53. The summed E-state index contributed by atoms with van der Waals surface area (Å²) in [6.45, 7) is 3.26. The highest BCUT2D eigenvalue weighted by Crippen LogP contribution is 2.25. The average Bonchev–Trinajstić information content (AvgIpc) is 3.27. The number of hydrogen-bond donors (Lipinski definition) is 0. The van der Waals surface area contributed by atoms with Crippen molar-refractivity contribution in [1.29, 1.82) is 0 Å². The number of benzene rings is 1. The zero-order valence-corrected chi connectivity index (χ0v) is 18.4. The normalized spacial score (nSPS) is 20.6. The van der Waals surface area contributed by atoms with Gasteiger partial charge in [0, 0.05) is 32.2 Å². The first-order valence-corrected chi connectivity index (χ1v) is 12.4. The van der Waals surface area contributed by atoms with E-state index in [-0.39, 0.29) is 17.7 Å². The predicted molar refractivity (Wildman–Crippen MR) is 115 cm³/mol. The minimum Gasteiger partial charge on any atom is -0.378 e. The summed E-state index contributed by atoms with van der Waals surface area (Å²) < 4.78 is 34.7. The van der Waals surface area contributed by atoms with Gasteiger partial charge in [0.25, 0.3) is 5.91 Å². The van der Waals surface area contributed by atoms with Crippen LogP contribution in [0.15, 0.2) is 36.5 Å². The topological polar surface area (TPSA) is 97.6 Å². The molecule has 31 heavy (non-hydrogen) atoms. The van der Waals surface area contributed by atoms with Crippen LogP contribution in [0, 0.1) is 0 Å². The number of hydrogen-bond acceptors (Lipinski definition) is 6. The molecule has 2 aliphatic heterocycles. The number of morpholine rings is 1. The van der Waals surface area contributed by atoms with E-state index in [4.69, 9.17) is 4.74 Å². The monoisotopic (exact) mass is 447 g/mol. The summed E-state index contributed by atoms with van der Waals surface area (Å²) >= 11 is 0. The minimum absolute atomic E-state index is 0.0197. The highest BCUT2D eigenvalue weighted by molar-refractivity contribution is 7.88. The Morgan fingerprint density at radius 3 is 2.65 bits per heavy atom. The fourth-order valence-corrected chi connectivity index (χ4v) is 6.06. The molecule has 168 valence electrons. The number of rotatable bonds is 7. The maximum absolute atomic E-state index is 13.1. The lowest BCUT2D eigenvalue weighted by Crippen LogP contribution is -2.44. The molecule has 0 N–H and O–H groups in total. The van der Waals surface area contributed by atoms with Gasteiger partial charge in [0.2, 0.25) is 10.0 Å². The van der Waals surface area contributed by atoms with Gasteiger partial charge in [0.1, 0.15) is 0 Å². The lowest BCUT2D eigenvalue weighted by atomic mass is 10.0. The Balaban J connectivity index is 1.37. The van der Waals surface area contributed by atoms with Crippen LogP contribution < -0.4 is 0 Å². The molecule has 9 nitrogen and oxygen atoms in total. The van der Waals surface area contributed by atoms with Crippen molar-refractivity contribution in [3.63, 3.8) is 0 Å². The van der Waals surface area contributed by atoms with E-state index in [9.17, 15) is 13.2 Å². The maximum atomic E-state index is 13.1. The number of aryl methyl sites for hydroxylation is 1. The number of carbonyl (C=O) groups excluding carboxylic acids is 1. The van der Waals surface area contributed by atoms with Crippen LogP contribution >= 0.6 is 0 Å². The van der Waals surface area contributed by atoms with Crippen LogP contribution in [-0.4, -0.2) is 77.4 Å². The number of piperidine rings is 1.